The van der Waals surface area contributed by atoms with Crippen LogP contribution in [0.1, 0.15) is 12.0 Å². The number of nitrogens with zero attached hydrogens (tertiary/aromatic N) is 2. The van der Waals surface area contributed by atoms with Gasteiger partial charge in [0.05, 0.1) is 9.79 Å². The van der Waals surface area contributed by atoms with E-state index in [1.807, 2.05) is 0 Å². The molecule has 1 aromatic heterocycles. The van der Waals surface area contributed by atoms with E-state index in [4.69, 9.17) is 0 Å². The Morgan fingerprint density at radius 2 is 1.96 bits per heavy atom. The summed E-state index contributed by atoms with van der Waals surface area (Å²) in [5, 5.41) is 4.03. The summed E-state index contributed by atoms with van der Waals surface area (Å²) >= 11 is 0. The molecule has 2 aromatic rings. The van der Waals surface area contributed by atoms with Crippen LogP contribution in [0.25, 0.3) is 0 Å². The molecular weight excluding hydrogens is 338 g/mol. The largest absolute Gasteiger partial charge is 0.273 e. The highest BCUT2D eigenvalue weighted by molar-refractivity contribution is 7.91. The van der Waals surface area contributed by atoms with Crippen molar-refractivity contribution < 1.29 is 16.8 Å². The van der Waals surface area contributed by atoms with E-state index < -0.39 is 19.9 Å². The smallest absolute Gasteiger partial charge is 0.240 e. The van der Waals surface area contributed by atoms with E-state index in [1.54, 1.807) is 30.1 Å². The maximum Gasteiger partial charge on any atom is 0.240 e. The summed E-state index contributed by atoms with van der Waals surface area (Å²) in [4.78, 5) is -0.0282. The Kier molecular flexibility index (Phi) is 5.23. The van der Waals surface area contributed by atoms with Crippen LogP contribution in [0.2, 0.25) is 0 Å². The number of rotatable bonds is 7. The van der Waals surface area contributed by atoms with Gasteiger partial charge in [0.25, 0.3) is 0 Å². The summed E-state index contributed by atoms with van der Waals surface area (Å²) in [6.07, 6.45) is 5.08. The van der Waals surface area contributed by atoms with E-state index in [1.165, 1.54) is 18.2 Å². The van der Waals surface area contributed by atoms with Gasteiger partial charge >= 0.3 is 0 Å². The number of benzene rings is 1. The van der Waals surface area contributed by atoms with Crippen LogP contribution in [-0.2, 0) is 26.4 Å². The topological polar surface area (TPSA) is 98.1 Å². The molecule has 126 valence electrons. The zero-order valence-electron chi connectivity index (χ0n) is 12.9. The number of nitrogens with one attached hydrogen (secondary N) is 1. The lowest BCUT2D eigenvalue weighted by Crippen LogP contribution is -2.26. The van der Waals surface area contributed by atoms with Gasteiger partial charge in [0.2, 0.25) is 10.0 Å². The molecular formula is C14H19N3O4S2. The van der Waals surface area contributed by atoms with Crippen molar-refractivity contribution in [2.75, 3.05) is 12.8 Å². The van der Waals surface area contributed by atoms with E-state index in [0.717, 1.165) is 6.26 Å². The van der Waals surface area contributed by atoms with Crippen LogP contribution in [0.3, 0.4) is 0 Å². The molecule has 0 radical (unpaired) electrons. The van der Waals surface area contributed by atoms with Crippen LogP contribution < -0.4 is 4.72 Å². The van der Waals surface area contributed by atoms with E-state index in [9.17, 15) is 16.8 Å². The lowest BCUT2D eigenvalue weighted by molar-refractivity contribution is 0.552. The number of hydrogen-bond acceptors (Lipinski definition) is 5. The molecule has 0 saturated heterocycles. The number of aryl methyl sites for hydroxylation is 2. The van der Waals surface area contributed by atoms with Gasteiger partial charge in [-0.1, -0.05) is 6.07 Å². The molecule has 0 bridgehead atoms. The van der Waals surface area contributed by atoms with E-state index in [0.29, 0.717) is 18.5 Å². The first kappa shape index (κ1) is 17.6. The molecule has 2 rings (SSSR count). The third-order valence-electron chi connectivity index (χ3n) is 3.29. The Labute approximate surface area is 136 Å². The van der Waals surface area contributed by atoms with Gasteiger partial charge in [-0.3, -0.25) is 4.68 Å². The minimum absolute atomic E-state index is 0.0139. The third-order valence-corrected chi connectivity index (χ3v) is 6.01. The molecule has 1 N–H and O–H groups in total. The molecule has 0 fully saturated rings. The van der Waals surface area contributed by atoms with Crippen LogP contribution in [0.5, 0.6) is 0 Å². The number of aromatic nitrogens is 2. The summed E-state index contributed by atoms with van der Waals surface area (Å²) in [5.74, 6) is 0. The molecule has 9 heteroatoms. The minimum atomic E-state index is -3.76. The van der Waals surface area contributed by atoms with Gasteiger partial charge in [0.1, 0.15) is 0 Å². The summed E-state index contributed by atoms with van der Waals surface area (Å²) in [5.41, 5.74) is 0.497. The summed E-state index contributed by atoms with van der Waals surface area (Å²) in [7, 11) is -7.22. The van der Waals surface area contributed by atoms with Crippen molar-refractivity contribution in [3.05, 3.63) is 42.2 Å². The van der Waals surface area contributed by atoms with E-state index >= 15 is 0 Å². The fourth-order valence-corrected chi connectivity index (χ4v) is 4.12. The molecule has 23 heavy (non-hydrogen) atoms. The number of hydrogen-bond donors (Lipinski definition) is 1. The Morgan fingerprint density at radius 3 is 2.57 bits per heavy atom. The average Bonchev–Trinajstić information content (AvgIpc) is 2.96. The average molecular weight is 357 g/mol. The predicted octanol–water partition coefficient (Wildman–Crippen LogP) is 0.964. The lowest BCUT2D eigenvalue weighted by Gasteiger charge is -2.11. The van der Waals surface area contributed by atoms with E-state index in [-0.39, 0.29) is 16.3 Å². The SMILES string of the molecule is Cc1ccc(S(C)(=O)=O)cc1S(=O)(=O)NCCCn1cccn1. The van der Waals surface area contributed by atoms with Crippen molar-refractivity contribution in [3.8, 4) is 0 Å². The molecule has 0 amide bonds. The second-order valence-electron chi connectivity index (χ2n) is 5.22. The first-order valence-electron chi connectivity index (χ1n) is 6.98. The quantitative estimate of drug-likeness (QED) is 0.745. The Bertz CT molecular complexity index is 873. The fraction of sp³-hybridized carbons (Fsp3) is 0.357. The summed E-state index contributed by atoms with van der Waals surface area (Å²) in [6.45, 7) is 2.47. The van der Waals surface area contributed by atoms with Gasteiger partial charge in [-0.05, 0) is 37.1 Å². The molecule has 1 aromatic carbocycles. The highest BCUT2D eigenvalue weighted by Crippen LogP contribution is 2.20. The zero-order valence-corrected chi connectivity index (χ0v) is 14.6. The van der Waals surface area contributed by atoms with Gasteiger partial charge in [0.15, 0.2) is 9.84 Å². The normalized spacial score (nSPS) is 12.4. The highest BCUT2D eigenvalue weighted by atomic mass is 32.2. The molecule has 0 aliphatic carbocycles. The minimum Gasteiger partial charge on any atom is -0.273 e. The number of sulfonamides is 1. The van der Waals surface area contributed by atoms with Crippen LogP contribution in [0.15, 0.2) is 46.5 Å². The molecule has 1 heterocycles. The number of sulfone groups is 1. The Morgan fingerprint density at radius 1 is 1.22 bits per heavy atom. The second-order valence-corrected chi connectivity index (χ2v) is 8.97. The summed E-state index contributed by atoms with van der Waals surface area (Å²) < 4.78 is 52.1. The molecule has 7 nitrogen and oxygen atoms in total. The predicted molar refractivity (Wildman–Crippen MR) is 86.3 cm³/mol. The second kappa shape index (κ2) is 6.81. The van der Waals surface area contributed by atoms with Gasteiger partial charge in [-0.2, -0.15) is 5.10 Å². The van der Waals surface area contributed by atoms with Gasteiger partial charge in [0, 0.05) is 31.7 Å². The monoisotopic (exact) mass is 357 g/mol. The highest BCUT2D eigenvalue weighted by Gasteiger charge is 2.19. The van der Waals surface area contributed by atoms with Crippen molar-refractivity contribution in [3.63, 3.8) is 0 Å². The van der Waals surface area contributed by atoms with Crippen molar-refractivity contribution in [2.45, 2.75) is 29.7 Å². The first-order valence-corrected chi connectivity index (χ1v) is 10.4. The van der Waals surface area contributed by atoms with Crippen molar-refractivity contribution >= 4 is 19.9 Å². The van der Waals surface area contributed by atoms with Crippen molar-refractivity contribution in [1.29, 1.82) is 0 Å². The zero-order chi connectivity index (χ0) is 17.1. The van der Waals surface area contributed by atoms with Crippen molar-refractivity contribution in [2.24, 2.45) is 0 Å². The third kappa shape index (κ3) is 4.63. The fourth-order valence-electron chi connectivity index (χ4n) is 2.06. The van der Waals surface area contributed by atoms with Crippen LogP contribution in [-0.4, -0.2) is 39.4 Å². The molecule has 0 aliphatic rings. The first-order chi connectivity index (χ1) is 10.7. The van der Waals surface area contributed by atoms with Gasteiger partial charge in [-0.25, -0.2) is 21.6 Å². The Hall–Kier alpha value is -1.71. The van der Waals surface area contributed by atoms with Crippen LogP contribution >= 0.6 is 0 Å². The molecule has 0 spiro atoms. The van der Waals surface area contributed by atoms with Crippen LogP contribution in [0.4, 0.5) is 0 Å². The van der Waals surface area contributed by atoms with E-state index in [2.05, 4.69) is 9.82 Å². The maximum atomic E-state index is 12.4. The maximum absolute atomic E-state index is 12.4. The molecule has 0 aliphatic heterocycles. The standard InChI is InChI=1S/C14H19N3O4S2/c1-12-5-6-13(22(2,18)19)11-14(12)23(20,21)16-8-4-10-17-9-3-7-15-17/h3,5-7,9,11,16H,4,8,10H2,1-2H3. The molecule has 0 unspecified atom stereocenters. The summed E-state index contributed by atoms with van der Waals surface area (Å²) in [6, 6.07) is 5.89. The van der Waals surface area contributed by atoms with Crippen molar-refractivity contribution in [1.82, 2.24) is 14.5 Å². The Balaban J connectivity index is 2.09. The van der Waals surface area contributed by atoms with Crippen LogP contribution in [0, 0.1) is 6.92 Å². The molecule has 0 atom stereocenters. The van der Waals surface area contributed by atoms with Gasteiger partial charge in [-0.15, -0.1) is 0 Å². The van der Waals surface area contributed by atoms with Gasteiger partial charge < -0.3 is 0 Å². The molecule has 0 saturated carbocycles. The lowest BCUT2D eigenvalue weighted by atomic mass is 10.2.